The van der Waals surface area contributed by atoms with Crippen molar-refractivity contribution in [1.29, 1.82) is 0 Å². The van der Waals surface area contributed by atoms with E-state index in [9.17, 15) is 0 Å². The molecule has 0 unspecified atom stereocenters. The van der Waals surface area contributed by atoms with Gasteiger partial charge in [-0.15, -0.1) is 12.4 Å². The second kappa shape index (κ2) is 6.19. The molecule has 1 atom stereocenters. The molecule has 1 N–H and O–H groups in total. The van der Waals surface area contributed by atoms with Crippen LogP contribution >= 0.6 is 12.4 Å². The second-order valence-electron chi connectivity index (χ2n) is 4.38. The van der Waals surface area contributed by atoms with Crippen molar-refractivity contribution in [1.82, 2.24) is 10.3 Å². The van der Waals surface area contributed by atoms with E-state index in [1.807, 2.05) is 13.1 Å². The third-order valence-corrected chi connectivity index (χ3v) is 3.28. The first-order valence-corrected chi connectivity index (χ1v) is 6.18. The van der Waals surface area contributed by atoms with Crippen molar-refractivity contribution in [2.24, 2.45) is 0 Å². The minimum atomic E-state index is 0. The maximum atomic E-state index is 5.80. The van der Waals surface area contributed by atoms with Crippen LogP contribution in [0, 0.1) is 0 Å². The first-order valence-electron chi connectivity index (χ1n) is 6.18. The van der Waals surface area contributed by atoms with Gasteiger partial charge in [0.05, 0.1) is 18.9 Å². The van der Waals surface area contributed by atoms with Gasteiger partial charge >= 0.3 is 0 Å². The Morgan fingerprint density at radius 2 is 2.32 bits per heavy atom. The molecule has 0 aliphatic carbocycles. The Hall–Kier alpha value is -1.36. The van der Waals surface area contributed by atoms with E-state index >= 15 is 0 Å². The number of nitrogens with zero attached hydrogens (tertiary/aromatic N) is 1. The molecule has 5 heteroatoms. The van der Waals surface area contributed by atoms with Crippen LogP contribution in [-0.2, 0) is 11.2 Å². The molecule has 0 bridgehead atoms. The number of likely N-dealkylation sites (N-methyl/N-ethyl adjacent to an activating group) is 1. The molecule has 0 radical (unpaired) electrons. The maximum Gasteiger partial charge on any atom is 0.226 e. The number of oxazole rings is 1. The van der Waals surface area contributed by atoms with Crippen molar-refractivity contribution in [2.45, 2.75) is 12.5 Å². The van der Waals surface area contributed by atoms with Gasteiger partial charge in [-0.25, -0.2) is 4.98 Å². The minimum Gasteiger partial charge on any atom is -0.445 e. The number of fused-ring (bicyclic) bond motifs is 1. The molecule has 0 saturated heterocycles. The summed E-state index contributed by atoms with van der Waals surface area (Å²) in [6.07, 6.45) is 4.32. The van der Waals surface area contributed by atoms with E-state index in [2.05, 4.69) is 22.4 Å². The zero-order valence-electron chi connectivity index (χ0n) is 10.8. The predicted molar refractivity (Wildman–Crippen MR) is 75.5 cm³/mol. The number of hydrogen-bond acceptors (Lipinski definition) is 4. The normalized spacial score (nSPS) is 17.6. The molecule has 3 rings (SSSR count). The molecule has 19 heavy (non-hydrogen) atoms. The summed E-state index contributed by atoms with van der Waals surface area (Å²) in [5.74, 6) is 0.692. The fourth-order valence-corrected chi connectivity index (χ4v) is 2.49. The van der Waals surface area contributed by atoms with Crippen molar-refractivity contribution < 1.29 is 9.15 Å². The molecule has 4 nitrogen and oxygen atoms in total. The minimum absolute atomic E-state index is 0. The Morgan fingerprint density at radius 3 is 3.05 bits per heavy atom. The molecule has 0 saturated carbocycles. The van der Waals surface area contributed by atoms with Gasteiger partial charge in [0.15, 0.2) is 0 Å². The summed E-state index contributed by atoms with van der Waals surface area (Å²) in [7, 11) is 1.94. The Morgan fingerprint density at radius 1 is 1.42 bits per heavy atom. The molecule has 1 aromatic heterocycles. The lowest BCUT2D eigenvalue weighted by molar-refractivity contribution is 0.0440. The van der Waals surface area contributed by atoms with Crippen LogP contribution in [0.25, 0.3) is 11.5 Å². The van der Waals surface area contributed by atoms with Crippen LogP contribution in [0.1, 0.15) is 17.2 Å². The van der Waals surface area contributed by atoms with E-state index in [0.717, 1.165) is 25.1 Å². The predicted octanol–water partition coefficient (Wildman–Crippen LogP) is 2.60. The van der Waals surface area contributed by atoms with Gasteiger partial charge in [-0.2, -0.15) is 0 Å². The standard InChI is InChI=1S/C14H16N2O2.ClH/c1-15-9-13-11-3-2-4-12(10(11)5-7-17-13)14-16-6-8-18-14;/h2-4,6,8,13,15H,5,7,9H2,1H3;1H/t13-;/m0./s1. The summed E-state index contributed by atoms with van der Waals surface area (Å²) in [4.78, 5) is 4.24. The Bertz CT molecular complexity index is 528. The summed E-state index contributed by atoms with van der Waals surface area (Å²) in [6.45, 7) is 1.57. The summed E-state index contributed by atoms with van der Waals surface area (Å²) in [6, 6.07) is 6.23. The van der Waals surface area contributed by atoms with Gasteiger partial charge in [-0.1, -0.05) is 12.1 Å². The number of hydrogen-bond donors (Lipinski definition) is 1. The first-order chi connectivity index (χ1) is 8.90. The average molecular weight is 281 g/mol. The van der Waals surface area contributed by atoms with E-state index in [-0.39, 0.29) is 18.5 Å². The lowest BCUT2D eigenvalue weighted by atomic mass is 9.92. The molecule has 1 aliphatic heterocycles. The third kappa shape index (κ3) is 2.66. The average Bonchev–Trinajstić information content (AvgIpc) is 2.93. The van der Waals surface area contributed by atoms with Gasteiger partial charge in [0, 0.05) is 12.1 Å². The molecule has 0 fully saturated rings. The lowest BCUT2D eigenvalue weighted by Crippen LogP contribution is -2.25. The van der Waals surface area contributed by atoms with Gasteiger partial charge in [0.25, 0.3) is 0 Å². The van der Waals surface area contributed by atoms with Crippen LogP contribution in [0.5, 0.6) is 0 Å². The van der Waals surface area contributed by atoms with Crippen molar-refractivity contribution in [3.05, 3.63) is 41.8 Å². The second-order valence-corrected chi connectivity index (χ2v) is 4.38. The molecular weight excluding hydrogens is 264 g/mol. The van der Waals surface area contributed by atoms with Crippen molar-refractivity contribution in [3.63, 3.8) is 0 Å². The molecule has 0 amide bonds. The molecule has 1 aliphatic rings. The highest BCUT2D eigenvalue weighted by molar-refractivity contribution is 5.85. The van der Waals surface area contributed by atoms with E-state index in [1.165, 1.54) is 11.1 Å². The molecule has 2 aromatic rings. The fraction of sp³-hybridized carbons (Fsp3) is 0.357. The molecule has 102 valence electrons. The smallest absolute Gasteiger partial charge is 0.226 e. The molecule has 1 aromatic carbocycles. The first kappa shape index (κ1) is 14.1. The Labute approximate surface area is 118 Å². The van der Waals surface area contributed by atoms with Crippen molar-refractivity contribution in [2.75, 3.05) is 20.2 Å². The number of halogens is 1. The SMILES string of the molecule is CNC[C@@H]1OCCc2c(-c3ncco3)cccc21.Cl. The van der Waals surface area contributed by atoms with Gasteiger partial charge in [-0.05, 0) is 30.7 Å². The van der Waals surface area contributed by atoms with Crippen LogP contribution < -0.4 is 5.32 Å². The topological polar surface area (TPSA) is 47.3 Å². The van der Waals surface area contributed by atoms with Crippen LogP contribution in [0.4, 0.5) is 0 Å². The van der Waals surface area contributed by atoms with Crippen LogP contribution in [0.3, 0.4) is 0 Å². The number of benzene rings is 1. The summed E-state index contributed by atoms with van der Waals surface area (Å²) < 4.78 is 11.2. The Kier molecular flexibility index (Phi) is 4.58. The van der Waals surface area contributed by atoms with Gasteiger partial charge in [0.2, 0.25) is 5.89 Å². The highest BCUT2D eigenvalue weighted by atomic mass is 35.5. The highest BCUT2D eigenvalue weighted by Crippen LogP contribution is 2.33. The van der Waals surface area contributed by atoms with Crippen molar-refractivity contribution >= 4 is 12.4 Å². The highest BCUT2D eigenvalue weighted by Gasteiger charge is 2.23. The summed E-state index contributed by atoms with van der Waals surface area (Å²) in [5, 5.41) is 3.17. The number of nitrogens with one attached hydrogen (secondary N) is 1. The molecule has 0 spiro atoms. The zero-order valence-corrected chi connectivity index (χ0v) is 11.6. The number of aromatic nitrogens is 1. The van der Waals surface area contributed by atoms with Crippen molar-refractivity contribution in [3.8, 4) is 11.5 Å². The summed E-state index contributed by atoms with van der Waals surface area (Å²) in [5.41, 5.74) is 3.62. The third-order valence-electron chi connectivity index (χ3n) is 3.28. The number of rotatable bonds is 3. The molecular formula is C14H17ClN2O2. The zero-order chi connectivity index (χ0) is 12.4. The van der Waals surface area contributed by atoms with Crippen LogP contribution in [0.2, 0.25) is 0 Å². The molecule has 2 heterocycles. The van der Waals surface area contributed by atoms with E-state index in [1.54, 1.807) is 12.5 Å². The summed E-state index contributed by atoms with van der Waals surface area (Å²) >= 11 is 0. The van der Waals surface area contributed by atoms with Crippen LogP contribution in [0.15, 0.2) is 35.1 Å². The van der Waals surface area contributed by atoms with Gasteiger partial charge < -0.3 is 14.5 Å². The fourth-order valence-electron chi connectivity index (χ4n) is 2.49. The van der Waals surface area contributed by atoms with E-state index in [4.69, 9.17) is 9.15 Å². The van der Waals surface area contributed by atoms with E-state index < -0.39 is 0 Å². The van der Waals surface area contributed by atoms with Crippen LogP contribution in [-0.4, -0.2) is 25.2 Å². The maximum absolute atomic E-state index is 5.80. The van der Waals surface area contributed by atoms with Gasteiger partial charge in [-0.3, -0.25) is 0 Å². The quantitative estimate of drug-likeness (QED) is 0.939. The monoisotopic (exact) mass is 280 g/mol. The lowest BCUT2D eigenvalue weighted by Gasteiger charge is -2.27. The van der Waals surface area contributed by atoms with Gasteiger partial charge in [0.1, 0.15) is 6.26 Å². The van der Waals surface area contributed by atoms with E-state index in [0.29, 0.717) is 5.89 Å². The Balaban J connectivity index is 0.00000133. The largest absolute Gasteiger partial charge is 0.445 e. The number of ether oxygens (including phenoxy) is 1.